The number of halogens is 2. The highest BCUT2D eigenvalue weighted by atomic mass is 35.5. The highest BCUT2D eigenvalue weighted by molar-refractivity contribution is 6.42. The van der Waals surface area contributed by atoms with E-state index >= 15 is 0 Å². The first kappa shape index (κ1) is 9.74. The van der Waals surface area contributed by atoms with Gasteiger partial charge in [0.1, 0.15) is 5.82 Å². The van der Waals surface area contributed by atoms with Gasteiger partial charge in [0, 0.05) is 18.2 Å². The van der Waals surface area contributed by atoms with Crippen LogP contribution in [0.4, 0.5) is 5.82 Å². The molecule has 1 saturated carbocycles. The Hall–Kier alpha value is -0.800. The number of carbonyl (C=O) groups excluding carboxylic acids is 1. The van der Waals surface area contributed by atoms with Crippen LogP contribution in [-0.2, 0) is 4.79 Å². The molecule has 0 aromatic carbocycles. The Kier molecular flexibility index (Phi) is 2.61. The van der Waals surface area contributed by atoms with Crippen molar-refractivity contribution in [3.8, 4) is 0 Å². The molecular weight excluding hydrogens is 223 g/mol. The van der Waals surface area contributed by atoms with Crippen LogP contribution in [0, 0.1) is 5.92 Å². The highest BCUT2D eigenvalue weighted by Crippen LogP contribution is 2.30. The van der Waals surface area contributed by atoms with Crippen LogP contribution in [-0.4, -0.2) is 10.9 Å². The Balaban J connectivity index is 2.08. The fourth-order valence-electron chi connectivity index (χ4n) is 1.06. The SMILES string of the molecule is O=C(Nc1cc(Cl)c(Cl)cn1)C1CC1. The van der Waals surface area contributed by atoms with Crippen LogP contribution in [0.5, 0.6) is 0 Å². The number of aromatic nitrogens is 1. The van der Waals surface area contributed by atoms with Gasteiger partial charge in [-0.3, -0.25) is 4.79 Å². The van der Waals surface area contributed by atoms with Crippen LogP contribution in [0.2, 0.25) is 10.0 Å². The van der Waals surface area contributed by atoms with Crippen molar-refractivity contribution in [2.45, 2.75) is 12.8 Å². The fraction of sp³-hybridized carbons (Fsp3) is 0.333. The summed E-state index contributed by atoms with van der Waals surface area (Å²) in [6.07, 6.45) is 3.35. The molecule has 0 aliphatic heterocycles. The second-order valence-electron chi connectivity index (χ2n) is 3.25. The Morgan fingerprint density at radius 3 is 2.71 bits per heavy atom. The predicted molar refractivity (Wildman–Crippen MR) is 55.6 cm³/mol. The maximum atomic E-state index is 11.3. The molecule has 0 saturated heterocycles. The van der Waals surface area contributed by atoms with Crippen LogP contribution in [0.25, 0.3) is 0 Å². The molecule has 5 heteroatoms. The van der Waals surface area contributed by atoms with Gasteiger partial charge in [-0.1, -0.05) is 23.2 Å². The smallest absolute Gasteiger partial charge is 0.228 e. The van der Waals surface area contributed by atoms with Crippen molar-refractivity contribution >= 4 is 34.9 Å². The van der Waals surface area contributed by atoms with E-state index in [1.807, 2.05) is 0 Å². The van der Waals surface area contributed by atoms with Crippen molar-refractivity contribution in [3.63, 3.8) is 0 Å². The predicted octanol–water partition coefficient (Wildman–Crippen LogP) is 2.74. The summed E-state index contributed by atoms with van der Waals surface area (Å²) in [6, 6.07) is 1.55. The Morgan fingerprint density at radius 1 is 1.43 bits per heavy atom. The van der Waals surface area contributed by atoms with Gasteiger partial charge in [0.25, 0.3) is 0 Å². The van der Waals surface area contributed by atoms with E-state index in [2.05, 4.69) is 10.3 Å². The number of anilines is 1. The molecular formula is C9H8Cl2N2O. The van der Waals surface area contributed by atoms with E-state index in [1.165, 1.54) is 6.20 Å². The van der Waals surface area contributed by atoms with E-state index in [1.54, 1.807) is 6.07 Å². The lowest BCUT2D eigenvalue weighted by Gasteiger charge is -2.03. The van der Waals surface area contributed by atoms with E-state index in [0.717, 1.165) is 12.8 Å². The van der Waals surface area contributed by atoms with Crippen molar-refractivity contribution in [1.29, 1.82) is 0 Å². The van der Waals surface area contributed by atoms with Crippen LogP contribution >= 0.6 is 23.2 Å². The molecule has 1 aliphatic carbocycles. The zero-order valence-corrected chi connectivity index (χ0v) is 8.77. The maximum absolute atomic E-state index is 11.3. The fourth-order valence-corrected chi connectivity index (χ4v) is 1.31. The molecule has 0 unspecified atom stereocenters. The number of hydrogen-bond acceptors (Lipinski definition) is 2. The van der Waals surface area contributed by atoms with Gasteiger partial charge < -0.3 is 5.32 Å². The lowest BCUT2D eigenvalue weighted by Crippen LogP contribution is -2.14. The van der Waals surface area contributed by atoms with Gasteiger partial charge in [-0.2, -0.15) is 0 Å². The number of amides is 1. The molecule has 74 valence electrons. The third-order valence-electron chi connectivity index (χ3n) is 2.01. The number of nitrogens with one attached hydrogen (secondary N) is 1. The van der Waals surface area contributed by atoms with Gasteiger partial charge in [0.15, 0.2) is 0 Å². The Labute approximate surface area is 91.4 Å². The van der Waals surface area contributed by atoms with Crippen LogP contribution in [0.15, 0.2) is 12.3 Å². The zero-order chi connectivity index (χ0) is 10.1. The minimum absolute atomic E-state index is 0.0101. The van der Waals surface area contributed by atoms with Gasteiger partial charge in [-0.15, -0.1) is 0 Å². The van der Waals surface area contributed by atoms with E-state index in [9.17, 15) is 4.79 Å². The summed E-state index contributed by atoms with van der Waals surface area (Å²) in [5.74, 6) is 0.624. The second kappa shape index (κ2) is 3.75. The van der Waals surface area contributed by atoms with Gasteiger partial charge in [0.05, 0.1) is 10.0 Å². The standard InChI is InChI=1S/C9H8Cl2N2O/c10-6-3-8(12-4-7(6)11)13-9(14)5-1-2-5/h3-5H,1-2H2,(H,12,13,14). The Morgan fingerprint density at radius 2 is 2.14 bits per heavy atom. The quantitative estimate of drug-likeness (QED) is 0.850. The molecule has 1 fully saturated rings. The van der Waals surface area contributed by atoms with E-state index in [0.29, 0.717) is 15.9 Å². The van der Waals surface area contributed by atoms with Crippen molar-refractivity contribution < 1.29 is 4.79 Å². The molecule has 1 aliphatic rings. The summed E-state index contributed by atoms with van der Waals surface area (Å²) in [7, 11) is 0. The summed E-state index contributed by atoms with van der Waals surface area (Å²) in [6.45, 7) is 0. The van der Waals surface area contributed by atoms with Gasteiger partial charge in [0.2, 0.25) is 5.91 Å². The van der Waals surface area contributed by atoms with Gasteiger partial charge in [-0.05, 0) is 12.8 Å². The molecule has 1 amide bonds. The molecule has 1 heterocycles. The molecule has 2 rings (SSSR count). The van der Waals surface area contributed by atoms with Crippen LogP contribution < -0.4 is 5.32 Å². The van der Waals surface area contributed by atoms with Gasteiger partial charge in [-0.25, -0.2) is 4.98 Å². The molecule has 0 spiro atoms. The second-order valence-corrected chi connectivity index (χ2v) is 4.06. The average molecular weight is 231 g/mol. The summed E-state index contributed by atoms with van der Waals surface area (Å²) >= 11 is 11.5. The number of hydrogen-bond donors (Lipinski definition) is 1. The lowest BCUT2D eigenvalue weighted by atomic mass is 10.4. The van der Waals surface area contributed by atoms with Crippen molar-refractivity contribution in [2.24, 2.45) is 5.92 Å². The zero-order valence-electron chi connectivity index (χ0n) is 7.26. The summed E-state index contributed by atoms with van der Waals surface area (Å²) < 4.78 is 0. The Bertz CT molecular complexity index is 377. The minimum atomic E-state index is 0.0101. The van der Waals surface area contributed by atoms with E-state index < -0.39 is 0 Å². The monoisotopic (exact) mass is 230 g/mol. The normalized spacial score (nSPS) is 15.3. The molecule has 0 radical (unpaired) electrons. The molecule has 1 aromatic rings. The first-order valence-electron chi connectivity index (χ1n) is 4.29. The van der Waals surface area contributed by atoms with E-state index in [4.69, 9.17) is 23.2 Å². The molecule has 0 atom stereocenters. The largest absolute Gasteiger partial charge is 0.310 e. The summed E-state index contributed by atoms with van der Waals surface area (Å²) in [5, 5.41) is 3.46. The van der Waals surface area contributed by atoms with Crippen LogP contribution in [0.3, 0.4) is 0 Å². The molecule has 1 aromatic heterocycles. The summed E-state index contributed by atoms with van der Waals surface area (Å²) in [4.78, 5) is 15.3. The van der Waals surface area contributed by atoms with E-state index in [-0.39, 0.29) is 11.8 Å². The molecule has 1 N–H and O–H groups in total. The first-order chi connectivity index (χ1) is 6.66. The average Bonchev–Trinajstić information content (AvgIpc) is 2.94. The summed E-state index contributed by atoms with van der Waals surface area (Å²) in [5.41, 5.74) is 0. The number of rotatable bonds is 2. The maximum Gasteiger partial charge on any atom is 0.228 e. The molecule has 0 bridgehead atoms. The topological polar surface area (TPSA) is 42.0 Å². The van der Waals surface area contributed by atoms with Crippen molar-refractivity contribution in [1.82, 2.24) is 4.98 Å². The van der Waals surface area contributed by atoms with Crippen LogP contribution in [0.1, 0.15) is 12.8 Å². The number of carbonyl (C=O) groups is 1. The highest BCUT2D eigenvalue weighted by Gasteiger charge is 2.29. The third-order valence-corrected chi connectivity index (χ3v) is 2.72. The van der Waals surface area contributed by atoms with Crippen molar-refractivity contribution in [3.05, 3.63) is 22.3 Å². The molecule has 3 nitrogen and oxygen atoms in total. The molecule has 14 heavy (non-hydrogen) atoms. The number of pyridine rings is 1. The lowest BCUT2D eigenvalue weighted by molar-refractivity contribution is -0.117. The minimum Gasteiger partial charge on any atom is -0.310 e. The first-order valence-corrected chi connectivity index (χ1v) is 5.04. The van der Waals surface area contributed by atoms with Gasteiger partial charge >= 0.3 is 0 Å². The van der Waals surface area contributed by atoms with Crippen molar-refractivity contribution in [2.75, 3.05) is 5.32 Å². The number of nitrogens with zero attached hydrogens (tertiary/aromatic N) is 1. The third kappa shape index (κ3) is 2.16.